The third kappa shape index (κ3) is 3.02. The molecule has 0 bridgehead atoms. The van der Waals surface area contributed by atoms with Crippen molar-refractivity contribution in [2.24, 2.45) is 0 Å². The van der Waals surface area contributed by atoms with Gasteiger partial charge in [0.15, 0.2) is 0 Å². The molecule has 0 aliphatic heterocycles. The lowest BCUT2D eigenvalue weighted by Crippen LogP contribution is -2.01. The third-order valence-electron chi connectivity index (χ3n) is 2.29. The number of aryl methyl sites for hydroxylation is 1. The van der Waals surface area contributed by atoms with Crippen LogP contribution in [0.4, 0.5) is 10.1 Å². The maximum Gasteiger partial charge on any atom is 0.352 e. The lowest BCUT2D eigenvalue weighted by Gasteiger charge is -2.07. The van der Waals surface area contributed by atoms with E-state index in [0.717, 1.165) is 6.07 Å². The second-order valence-electron chi connectivity index (χ2n) is 3.67. The van der Waals surface area contributed by atoms with Crippen molar-refractivity contribution in [3.05, 3.63) is 49.6 Å². The number of ether oxygens (including phenoxy) is 1. The van der Waals surface area contributed by atoms with Crippen LogP contribution in [0.25, 0.3) is 0 Å². The molecule has 6 nitrogen and oxygen atoms in total. The fourth-order valence-electron chi connectivity index (χ4n) is 1.44. The van der Waals surface area contributed by atoms with Gasteiger partial charge >= 0.3 is 11.6 Å². The molecule has 0 atom stereocenters. The lowest BCUT2D eigenvalue weighted by atomic mass is 10.3. The van der Waals surface area contributed by atoms with Gasteiger partial charge in [-0.05, 0) is 46.6 Å². The standard InChI is InChI=1S/C11H6BrClFN3O3/c1-5-9(17(18)19)10(16-11(13)15-5)20-6-2-3-7(12)8(14)4-6/h2-4H,1H3. The van der Waals surface area contributed by atoms with E-state index in [1.54, 1.807) is 0 Å². The van der Waals surface area contributed by atoms with Crippen LogP contribution in [0.5, 0.6) is 11.6 Å². The van der Waals surface area contributed by atoms with Crippen LogP contribution in [0, 0.1) is 22.9 Å². The van der Waals surface area contributed by atoms with Gasteiger partial charge < -0.3 is 4.74 Å². The number of halogens is 3. The molecule has 1 heterocycles. The Bertz CT molecular complexity index is 699. The minimum atomic E-state index is -0.684. The molecular weight excluding hydrogens is 356 g/mol. The molecule has 0 unspecified atom stereocenters. The SMILES string of the molecule is Cc1nc(Cl)nc(Oc2ccc(Br)c(F)c2)c1[N+](=O)[O-]. The van der Waals surface area contributed by atoms with Gasteiger partial charge in [0, 0.05) is 6.07 Å². The van der Waals surface area contributed by atoms with E-state index in [1.165, 1.54) is 19.1 Å². The van der Waals surface area contributed by atoms with Gasteiger partial charge in [0.1, 0.15) is 17.3 Å². The predicted molar refractivity (Wildman–Crippen MR) is 72.6 cm³/mol. The summed E-state index contributed by atoms with van der Waals surface area (Å²) in [6.45, 7) is 1.40. The summed E-state index contributed by atoms with van der Waals surface area (Å²) in [7, 11) is 0. The molecule has 1 aromatic heterocycles. The number of nitro groups is 1. The summed E-state index contributed by atoms with van der Waals surface area (Å²) in [6, 6.07) is 3.91. The molecule has 0 fully saturated rings. The van der Waals surface area contributed by atoms with Crippen molar-refractivity contribution in [2.45, 2.75) is 6.92 Å². The molecule has 1 aromatic carbocycles. The van der Waals surface area contributed by atoms with Crippen LogP contribution in [-0.4, -0.2) is 14.9 Å². The Labute approximate surface area is 125 Å². The van der Waals surface area contributed by atoms with Gasteiger partial charge in [-0.25, -0.2) is 9.37 Å². The Kier molecular flexibility index (Phi) is 4.15. The summed E-state index contributed by atoms with van der Waals surface area (Å²) in [4.78, 5) is 17.6. The summed E-state index contributed by atoms with van der Waals surface area (Å²) >= 11 is 8.63. The van der Waals surface area contributed by atoms with E-state index in [1.807, 2.05) is 0 Å². The molecular formula is C11H6BrClFN3O3. The lowest BCUT2D eigenvalue weighted by molar-refractivity contribution is -0.386. The van der Waals surface area contributed by atoms with Crippen molar-refractivity contribution in [3.63, 3.8) is 0 Å². The van der Waals surface area contributed by atoms with Crippen molar-refractivity contribution < 1.29 is 14.1 Å². The highest BCUT2D eigenvalue weighted by Crippen LogP contribution is 2.33. The topological polar surface area (TPSA) is 78.2 Å². The molecule has 0 aliphatic carbocycles. The highest BCUT2D eigenvalue weighted by molar-refractivity contribution is 9.10. The number of hydrogen-bond acceptors (Lipinski definition) is 5. The van der Waals surface area contributed by atoms with Crippen LogP contribution in [0.3, 0.4) is 0 Å². The third-order valence-corrected chi connectivity index (χ3v) is 3.10. The van der Waals surface area contributed by atoms with Gasteiger partial charge in [0.2, 0.25) is 5.28 Å². The van der Waals surface area contributed by atoms with Crippen LogP contribution >= 0.6 is 27.5 Å². The van der Waals surface area contributed by atoms with Crippen LogP contribution in [0.15, 0.2) is 22.7 Å². The molecule has 0 aliphatic rings. The summed E-state index contributed by atoms with van der Waals surface area (Å²) in [5.41, 5.74) is -0.361. The largest absolute Gasteiger partial charge is 0.433 e. The predicted octanol–water partition coefficient (Wildman–Crippen LogP) is 4.04. The number of nitrogens with zero attached hydrogens (tertiary/aromatic N) is 3. The monoisotopic (exact) mass is 361 g/mol. The zero-order valence-electron chi connectivity index (χ0n) is 9.93. The highest BCUT2D eigenvalue weighted by atomic mass is 79.9. The summed E-state index contributed by atoms with van der Waals surface area (Å²) in [5.74, 6) is -0.848. The summed E-state index contributed by atoms with van der Waals surface area (Å²) in [6.07, 6.45) is 0. The fourth-order valence-corrected chi connectivity index (χ4v) is 1.89. The molecule has 2 aromatic rings. The molecule has 0 saturated carbocycles. The smallest absolute Gasteiger partial charge is 0.352 e. The maximum absolute atomic E-state index is 13.4. The van der Waals surface area contributed by atoms with Crippen molar-refractivity contribution in [1.82, 2.24) is 9.97 Å². The second-order valence-corrected chi connectivity index (χ2v) is 4.86. The second kappa shape index (κ2) is 5.68. The Morgan fingerprint density at radius 1 is 1.45 bits per heavy atom. The van der Waals surface area contributed by atoms with E-state index in [0.29, 0.717) is 0 Å². The first-order valence-electron chi connectivity index (χ1n) is 5.20. The van der Waals surface area contributed by atoms with Crippen LogP contribution < -0.4 is 4.74 Å². The van der Waals surface area contributed by atoms with Crippen LogP contribution in [0.1, 0.15) is 5.69 Å². The van der Waals surface area contributed by atoms with E-state index in [4.69, 9.17) is 16.3 Å². The number of benzene rings is 1. The van der Waals surface area contributed by atoms with Gasteiger partial charge in [-0.2, -0.15) is 4.98 Å². The van der Waals surface area contributed by atoms with Gasteiger partial charge in [0.05, 0.1) is 9.40 Å². The van der Waals surface area contributed by atoms with Gasteiger partial charge in [0.25, 0.3) is 0 Å². The van der Waals surface area contributed by atoms with E-state index in [9.17, 15) is 14.5 Å². The molecule has 0 amide bonds. The quantitative estimate of drug-likeness (QED) is 0.468. The van der Waals surface area contributed by atoms with E-state index in [2.05, 4.69) is 25.9 Å². The van der Waals surface area contributed by atoms with Crippen LogP contribution in [-0.2, 0) is 0 Å². The molecule has 0 spiro atoms. The summed E-state index contributed by atoms with van der Waals surface area (Å²) < 4.78 is 18.9. The Morgan fingerprint density at radius 2 is 2.15 bits per heavy atom. The molecule has 104 valence electrons. The van der Waals surface area contributed by atoms with E-state index in [-0.39, 0.29) is 27.1 Å². The zero-order chi connectivity index (χ0) is 14.9. The van der Waals surface area contributed by atoms with E-state index < -0.39 is 16.4 Å². The zero-order valence-corrected chi connectivity index (χ0v) is 12.3. The normalized spacial score (nSPS) is 10.4. The fraction of sp³-hybridized carbons (Fsp3) is 0.0909. The van der Waals surface area contributed by atoms with Crippen molar-refractivity contribution in [2.75, 3.05) is 0 Å². The minimum Gasteiger partial charge on any atom is -0.433 e. The van der Waals surface area contributed by atoms with Gasteiger partial charge in [-0.3, -0.25) is 10.1 Å². The highest BCUT2D eigenvalue weighted by Gasteiger charge is 2.24. The molecule has 0 N–H and O–H groups in total. The first kappa shape index (κ1) is 14.6. The number of rotatable bonds is 3. The van der Waals surface area contributed by atoms with Gasteiger partial charge in [-0.15, -0.1) is 0 Å². The number of aromatic nitrogens is 2. The van der Waals surface area contributed by atoms with E-state index >= 15 is 0 Å². The average Bonchev–Trinajstić information content (AvgIpc) is 2.32. The number of hydrogen-bond donors (Lipinski definition) is 0. The average molecular weight is 363 g/mol. The van der Waals surface area contributed by atoms with Crippen molar-refractivity contribution >= 4 is 33.2 Å². The molecule has 2 rings (SSSR count). The molecule has 0 radical (unpaired) electrons. The Morgan fingerprint density at radius 3 is 2.75 bits per heavy atom. The minimum absolute atomic E-state index is 0.0579. The maximum atomic E-state index is 13.4. The van der Waals surface area contributed by atoms with Crippen molar-refractivity contribution in [3.8, 4) is 11.6 Å². The van der Waals surface area contributed by atoms with Crippen molar-refractivity contribution in [1.29, 1.82) is 0 Å². The molecule has 0 saturated heterocycles. The van der Waals surface area contributed by atoms with Gasteiger partial charge in [-0.1, -0.05) is 0 Å². The Balaban J connectivity index is 2.47. The molecule has 20 heavy (non-hydrogen) atoms. The Hall–Kier alpha value is -1.80. The first-order chi connectivity index (χ1) is 9.38. The molecule has 9 heteroatoms. The van der Waals surface area contributed by atoms with Crippen LogP contribution in [0.2, 0.25) is 5.28 Å². The summed E-state index contributed by atoms with van der Waals surface area (Å²) in [5, 5.41) is 10.8. The first-order valence-corrected chi connectivity index (χ1v) is 6.37.